The predicted molar refractivity (Wildman–Crippen MR) is 116 cm³/mol. The van der Waals surface area contributed by atoms with Gasteiger partial charge in [0.05, 0.1) is 17.6 Å². The van der Waals surface area contributed by atoms with Gasteiger partial charge in [-0.25, -0.2) is 13.4 Å². The fraction of sp³-hybridized carbons (Fsp3) is 0.348. The molecule has 1 aromatic heterocycles. The summed E-state index contributed by atoms with van der Waals surface area (Å²) in [5, 5.41) is 0.182. The maximum Gasteiger partial charge on any atom is 0.227 e. The van der Waals surface area contributed by atoms with Crippen LogP contribution >= 0.6 is 0 Å². The van der Waals surface area contributed by atoms with Crippen LogP contribution in [0.5, 0.6) is 0 Å². The summed E-state index contributed by atoms with van der Waals surface area (Å²) in [5.41, 5.74) is 3.36. The van der Waals surface area contributed by atoms with Crippen LogP contribution in [0.3, 0.4) is 0 Å². The largest absolute Gasteiger partial charge is 0.317 e. The van der Waals surface area contributed by atoms with Gasteiger partial charge in [0.1, 0.15) is 0 Å². The summed E-state index contributed by atoms with van der Waals surface area (Å²) >= 11 is 0. The number of aromatic nitrogens is 2. The molecule has 0 aliphatic carbocycles. The van der Waals surface area contributed by atoms with Crippen LogP contribution in [0.2, 0.25) is 0 Å². The molecule has 0 atom stereocenters. The van der Waals surface area contributed by atoms with Gasteiger partial charge in [-0.05, 0) is 24.1 Å². The average molecular weight is 412 g/mol. The van der Waals surface area contributed by atoms with Crippen LogP contribution in [0.25, 0.3) is 0 Å². The lowest BCUT2D eigenvalue weighted by molar-refractivity contribution is 0.262. The molecule has 154 valence electrons. The molecule has 0 radical (unpaired) electrons. The summed E-state index contributed by atoms with van der Waals surface area (Å²) < 4.78 is 27.1. The maximum absolute atomic E-state index is 12.6. The summed E-state index contributed by atoms with van der Waals surface area (Å²) in [5.74, 6) is 0.0519. The van der Waals surface area contributed by atoms with Crippen molar-refractivity contribution in [1.29, 1.82) is 0 Å². The summed E-state index contributed by atoms with van der Waals surface area (Å²) in [4.78, 5) is 6.61. The molecule has 2 aromatic carbocycles. The van der Waals surface area contributed by atoms with Crippen molar-refractivity contribution in [2.24, 2.45) is 0 Å². The van der Waals surface area contributed by atoms with Gasteiger partial charge in [-0.2, -0.15) is 0 Å². The Morgan fingerprint density at radius 3 is 2.10 bits per heavy atom. The molecular weight excluding hydrogens is 382 g/mol. The second-order valence-electron chi connectivity index (χ2n) is 7.11. The quantitative estimate of drug-likeness (QED) is 0.507. The summed E-state index contributed by atoms with van der Waals surface area (Å²) in [6.07, 6.45) is 2.49. The third-order valence-corrected chi connectivity index (χ3v) is 6.75. The molecule has 0 unspecified atom stereocenters. The van der Waals surface area contributed by atoms with E-state index in [1.54, 1.807) is 13.1 Å². The molecule has 0 fully saturated rings. The number of benzene rings is 2. The maximum atomic E-state index is 12.6. The van der Waals surface area contributed by atoms with Crippen molar-refractivity contribution in [2.45, 2.75) is 45.1 Å². The zero-order chi connectivity index (χ0) is 20.7. The highest BCUT2D eigenvalue weighted by atomic mass is 32.2. The normalized spacial score (nSPS) is 11.8. The van der Waals surface area contributed by atoms with Crippen LogP contribution < -0.4 is 0 Å². The minimum absolute atomic E-state index is 0.0519. The van der Waals surface area contributed by atoms with Crippen molar-refractivity contribution < 1.29 is 8.42 Å². The molecule has 5 nitrogen and oxygen atoms in total. The van der Waals surface area contributed by atoms with Crippen molar-refractivity contribution in [3.05, 3.63) is 83.7 Å². The highest BCUT2D eigenvalue weighted by Crippen LogP contribution is 2.17. The Labute approximate surface area is 173 Å². The molecule has 0 N–H and O–H groups in total. The van der Waals surface area contributed by atoms with Crippen molar-refractivity contribution in [2.75, 3.05) is 12.3 Å². The van der Waals surface area contributed by atoms with Crippen molar-refractivity contribution in [3.63, 3.8) is 0 Å². The first-order valence-electron chi connectivity index (χ1n) is 10.1. The van der Waals surface area contributed by atoms with E-state index in [1.165, 1.54) is 11.1 Å². The summed E-state index contributed by atoms with van der Waals surface area (Å²) in [6.45, 7) is 6.73. The third kappa shape index (κ3) is 5.55. The number of nitrogens with zero attached hydrogens (tertiary/aromatic N) is 3. The molecule has 0 aliphatic heterocycles. The smallest absolute Gasteiger partial charge is 0.227 e. The van der Waals surface area contributed by atoms with Crippen LogP contribution in [0.1, 0.15) is 30.7 Å². The summed E-state index contributed by atoms with van der Waals surface area (Å²) in [6, 6.07) is 20.5. The van der Waals surface area contributed by atoms with E-state index in [0.29, 0.717) is 13.1 Å². The predicted octanol–water partition coefficient (Wildman–Crippen LogP) is 3.94. The topological polar surface area (TPSA) is 55.2 Å². The van der Waals surface area contributed by atoms with Gasteiger partial charge in [-0.3, -0.25) is 4.90 Å². The second kappa shape index (κ2) is 9.85. The van der Waals surface area contributed by atoms with Crippen LogP contribution in [0.15, 0.2) is 72.0 Å². The van der Waals surface area contributed by atoms with E-state index in [-0.39, 0.29) is 10.9 Å². The Kier molecular flexibility index (Phi) is 7.23. The number of rotatable bonds is 10. The van der Waals surface area contributed by atoms with E-state index in [2.05, 4.69) is 41.1 Å². The standard InChI is InChI=1S/C23H29N3O2S/c1-3-25(18-21-13-9-6-10-14-21)19-22-17-24-23(29(27,28)4-2)26(22)16-15-20-11-7-5-8-12-20/h5-14,17H,3-4,15-16,18-19H2,1-2H3. The molecule has 0 spiro atoms. The second-order valence-corrected chi connectivity index (χ2v) is 9.28. The first-order valence-corrected chi connectivity index (χ1v) is 11.8. The van der Waals surface area contributed by atoms with Gasteiger partial charge in [0.25, 0.3) is 0 Å². The van der Waals surface area contributed by atoms with Crippen molar-refractivity contribution in [1.82, 2.24) is 14.5 Å². The van der Waals surface area contributed by atoms with Gasteiger partial charge < -0.3 is 4.57 Å². The molecule has 6 heteroatoms. The lowest BCUT2D eigenvalue weighted by Crippen LogP contribution is -2.25. The number of hydrogen-bond acceptors (Lipinski definition) is 4. The van der Waals surface area contributed by atoms with E-state index in [0.717, 1.165) is 25.2 Å². The highest BCUT2D eigenvalue weighted by Gasteiger charge is 2.22. The van der Waals surface area contributed by atoms with E-state index >= 15 is 0 Å². The Hall–Kier alpha value is -2.44. The van der Waals surface area contributed by atoms with E-state index in [4.69, 9.17) is 0 Å². The molecule has 3 rings (SSSR count). The van der Waals surface area contributed by atoms with E-state index in [1.807, 2.05) is 41.0 Å². The first kappa shape index (κ1) is 21.3. The zero-order valence-corrected chi connectivity index (χ0v) is 18.0. The van der Waals surface area contributed by atoms with Gasteiger partial charge in [-0.15, -0.1) is 0 Å². The van der Waals surface area contributed by atoms with Crippen LogP contribution in [0, 0.1) is 0 Å². The molecule has 0 amide bonds. The molecule has 3 aromatic rings. The molecule has 1 heterocycles. The van der Waals surface area contributed by atoms with Gasteiger partial charge in [-0.1, -0.05) is 74.5 Å². The van der Waals surface area contributed by atoms with Gasteiger partial charge in [0.2, 0.25) is 15.0 Å². The number of aryl methyl sites for hydroxylation is 1. The molecule has 0 saturated carbocycles. The zero-order valence-electron chi connectivity index (χ0n) is 17.2. The molecule has 0 bridgehead atoms. The molecule has 0 aliphatic rings. The first-order chi connectivity index (χ1) is 14.0. The lowest BCUT2D eigenvalue weighted by atomic mass is 10.1. The molecule has 0 saturated heterocycles. The minimum atomic E-state index is -3.38. The Bertz CT molecular complexity index is 999. The lowest BCUT2D eigenvalue weighted by Gasteiger charge is -2.22. The minimum Gasteiger partial charge on any atom is -0.317 e. The fourth-order valence-corrected chi connectivity index (χ4v) is 4.39. The van der Waals surface area contributed by atoms with Crippen molar-refractivity contribution in [3.8, 4) is 0 Å². The highest BCUT2D eigenvalue weighted by molar-refractivity contribution is 7.91. The molecule has 29 heavy (non-hydrogen) atoms. The van der Waals surface area contributed by atoms with E-state index < -0.39 is 9.84 Å². The summed E-state index contributed by atoms with van der Waals surface area (Å²) in [7, 11) is -3.38. The number of sulfone groups is 1. The van der Waals surface area contributed by atoms with Gasteiger partial charge in [0.15, 0.2) is 0 Å². The average Bonchev–Trinajstić information content (AvgIpc) is 3.16. The third-order valence-electron chi connectivity index (χ3n) is 5.11. The number of imidazole rings is 1. The van der Waals surface area contributed by atoms with Crippen LogP contribution in [0.4, 0.5) is 0 Å². The monoisotopic (exact) mass is 411 g/mol. The molecular formula is C23H29N3O2S. The Balaban J connectivity index is 1.84. The Morgan fingerprint density at radius 1 is 0.897 bits per heavy atom. The fourth-order valence-electron chi connectivity index (χ4n) is 3.37. The SMILES string of the molecule is CCN(Cc1ccccc1)Cc1cnc(S(=O)(=O)CC)n1CCc1ccccc1. The van der Waals surface area contributed by atoms with E-state index in [9.17, 15) is 8.42 Å². The number of hydrogen-bond donors (Lipinski definition) is 0. The van der Waals surface area contributed by atoms with Crippen LogP contribution in [-0.2, 0) is 35.9 Å². The van der Waals surface area contributed by atoms with Crippen LogP contribution in [-0.4, -0.2) is 35.2 Å². The Morgan fingerprint density at radius 2 is 1.52 bits per heavy atom. The van der Waals surface area contributed by atoms with Crippen molar-refractivity contribution >= 4 is 9.84 Å². The van der Waals surface area contributed by atoms with Gasteiger partial charge >= 0.3 is 0 Å². The van der Waals surface area contributed by atoms with Gasteiger partial charge in [0, 0.05) is 19.6 Å².